The van der Waals surface area contributed by atoms with Crippen LogP contribution in [0.25, 0.3) is 0 Å². The molecule has 0 saturated heterocycles. The third-order valence-electron chi connectivity index (χ3n) is 2.20. The van der Waals surface area contributed by atoms with E-state index in [1.165, 1.54) is 5.56 Å². The number of ether oxygens (including phenoxy) is 1. The molecule has 0 N–H and O–H groups in total. The maximum atomic E-state index is 5.11. The van der Waals surface area contributed by atoms with Gasteiger partial charge in [-0.25, -0.2) is 0 Å². The molecule has 0 aliphatic rings. The van der Waals surface area contributed by atoms with Crippen LogP contribution in [0.15, 0.2) is 24.3 Å². The van der Waals surface area contributed by atoms with E-state index in [0.717, 1.165) is 17.9 Å². The van der Waals surface area contributed by atoms with E-state index >= 15 is 0 Å². The molecule has 1 aromatic carbocycles. The second-order valence-electron chi connectivity index (χ2n) is 5.14. The molecular weight excluding hydrogens is 268 g/mol. The van der Waals surface area contributed by atoms with Gasteiger partial charge in [0.05, 0.1) is 12.9 Å². The molecule has 0 bridgehead atoms. The van der Waals surface area contributed by atoms with Crippen LogP contribution in [0.3, 0.4) is 0 Å². The summed E-state index contributed by atoms with van der Waals surface area (Å²) in [6.45, 7) is 6.75. The Bertz CT molecular complexity index is 506. The fourth-order valence-electron chi connectivity index (χ4n) is 1.31. The zero-order valence-corrected chi connectivity index (χ0v) is 13.9. The highest BCUT2D eigenvalue weighted by Crippen LogP contribution is 2.11. The maximum absolute atomic E-state index is 5.11. The fraction of sp³-hybridized carbons (Fsp3) is 0.375. The molecule has 0 radical (unpaired) electrons. The van der Waals surface area contributed by atoms with Crippen LogP contribution in [0.5, 0.6) is 5.75 Å². The molecule has 0 atom stereocenters. The first-order valence-electron chi connectivity index (χ1n) is 6.24. The van der Waals surface area contributed by atoms with Gasteiger partial charge < -0.3 is 4.74 Å². The molecule has 0 saturated carbocycles. The van der Waals surface area contributed by atoms with Gasteiger partial charge in [-0.3, -0.25) is 0 Å². The van der Waals surface area contributed by atoms with Crippen LogP contribution in [-0.2, 0) is 6.42 Å². The van der Waals surface area contributed by atoms with Crippen molar-refractivity contribution in [3.63, 3.8) is 0 Å². The molecule has 0 fully saturated rings. The van der Waals surface area contributed by atoms with Crippen molar-refractivity contribution in [1.82, 2.24) is 0 Å². The van der Waals surface area contributed by atoms with E-state index in [1.807, 2.05) is 24.3 Å². The highest BCUT2D eigenvalue weighted by atomic mass is 32.2. The summed E-state index contributed by atoms with van der Waals surface area (Å²) in [5.41, 5.74) is 4.54. The zero-order valence-electron chi connectivity index (χ0n) is 12.0. The summed E-state index contributed by atoms with van der Waals surface area (Å²) in [6.07, 6.45) is 0.776. The standard InChI is InChI=1S/C16H20OSSi/c1-17-16-10-8-15(9-11-16)7-5-12-18-13-6-14-19(2,3)4/h8-11H,7,13H2,1-4H3. The molecule has 0 aliphatic heterocycles. The molecule has 0 amide bonds. The van der Waals surface area contributed by atoms with E-state index in [2.05, 4.69) is 42.3 Å². The van der Waals surface area contributed by atoms with Crippen molar-refractivity contribution in [2.45, 2.75) is 26.1 Å². The first-order chi connectivity index (χ1) is 9.01. The van der Waals surface area contributed by atoms with Gasteiger partial charge in [0.1, 0.15) is 13.8 Å². The van der Waals surface area contributed by atoms with Crippen LogP contribution in [0.1, 0.15) is 5.56 Å². The van der Waals surface area contributed by atoms with Gasteiger partial charge >= 0.3 is 0 Å². The summed E-state index contributed by atoms with van der Waals surface area (Å²) < 4.78 is 5.11. The summed E-state index contributed by atoms with van der Waals surface area (Å²) in [6, 6.07) is 8.01. The highest BCUT2D eigenvalue weighted by molar-refractivity contribution is 8.04. The predicted molar refractivity (Wildman–Crippen MR) is 88.1 cm³/mol. The molecule has 3 heteroatoms. The molecule has 0 aromatic heterocycles. The molecule has 0 unspecified atom stereocenters. The Hall–Kier alpha value is -1.29. The Kier molecular flexibility index (Phi) is 6.63. The summed E-state index contributed by atoms with van der Waals surface area (Å²) in [7, 11) is 0.452. The van der Waals surface area contributed by atoms with Crippen LogP contribution in [0, 0.1) is 22.6 Å². The topological polar surface area (TPSA) is 9.23 Å². The van der Waals surface area contributed by atoms with Crippen molar-refractivity contribution in [3.8, 4) is 28.4 Å². The lowest BCUT2D eigenvalue weighted by Crippen LogP contribution is -2.16. The summed E-state index contributed by atoms with van der Waals surface area (Å²) in [5, 5.41) is 3.10. The van der Waals surface area contributed by atoms with Crippen molar-refractivity contribution < 1.29 is 4.74 Å². The van der Waals surface area contributed by atoms with E-state index in [1.54, 1.807) is 18.9 Å². The van der Waals surface area contributed by atoms with Gasteiger partial charge in [-0.1, -0.05) is 55.4 Å². The SMILES string of the molecule is COc1ccc(CC#CSCC#C[Si](C)(C)C)cc1. The van der Waals surface area contributed by atoms with Crippen LogP contribution in [0.2, 0.25) is 19.6 Å². The van der Waals surface area contributed by atoms with E-state index < -0.39 is 8.07 Å². The van der Waals surface area contributed by atoms with Crippen molar-refractivity contribution in [2.75, 3.05) is 12.9 Å². The van der Waals surface area contributed by atoms with E-state index in [-0.39, 0.29) is 0 Å². The lowest BCUT2D eigenvalue weighted by Gasteiger charge is -2.02. The van der Waals surface area contributed by atoms with Gasteiger partial charge in [0.25, 0.3) is 0 Å². The second kappa shape index (κ2) is 7.99. The molecule has 1 aromatic rings. The first kappa shape index (κ1) is 15.8. The Morgan fingerprint density at radius 2 is 1.79 bits per heavy atom. The van der Waals surface area contributed by atoms with E-state index in [0.29, 0.717) is 0 Å². The minimum Gasteiger partial charge on any atom is -0.497 e. The maximum Gasteiger partial charge on any atom is 0.129 e. The highest BCUT2D eigenvalue weighted by Gasteiger charge is 2.06. The smallest absolute Gasteiger partial charge is 0.129 e. The largest absolute Gasteiger partial charge is 0.497 e. The van der Waals surface area contributed by atoms with Crippen molar-refractivity contribution in [3.05, 3.63) is 29.8 Å². The molecule has 1 nitrogen and oxygen atoms in total. The van der Waals surface area contributed by atoms with E-state index in [4.69, 9.17) is 4.74 Å². The molecule has 0 spiro atoms. The number of benzene rings is 1. The number of rotatable bonds is 3. The average Bonchev–Trinajstić information content (AvgIpc) is 2.37. The van der Waals surface area contributed by atoms with Crippen LogP contribution in [0.4, 0.5) is 0 Å². The zero-order chi connectivity index (χ0) is 14.1. The lowest BCUT2D eigenvalue weighted by atomic mass is 10.1. The molecular formula is C16H20OSSi. The third-order valence-corrected chi connectivity index (χ3v) is 3.71. The lowest BCUT2D eigenvalue weighted by molar-refractivity contribution is 0.414. The van der Waals surface area contributed by atoms with Crippen molar-refractivity contribution in [1.29, 1.82) is 0 Å². The van der Waals surface area contributed by atoms with Gasteiger partial charge in [-0.05, 0) is 22.9 Å². The second-order valence-corrected chi connectivity index (χ2v) is 10.7. The minimum atomic E-state index is -1.22. The Morgan fingerprint density at radius 1 is 1.11 bits per heavy atom. The molecule has 100 valence electrons. The molecule has 1 rings (SSSR count). The Labute approximate surface area is 122 Å². The normalized spacial score (nSPS) is 9.89. The van der Waals surface area contributed by atoms with Gasteiger partial charge in [-0.2, -0.15) is 0 Å². The molecule has 0 heterocycles. The van der Waals surface area contributed by atoms with Crippen LogP contribution < -0.4 is 4.74 Å². The van der Waals surface area contributed by atoms with Gasteiger partial charge in [-0.15, -0.1) is 5.54 Å². The fourth-order valence-corrected chi connectivity index (χ4v) is 2.44. The molecule has 19 heavy (non-hydrogen) atoms. The van der Waals surface area contributed by atoms with Crippen molar-refractivity contribution >= 4 is 19.8 Å². The third kappa shape index (κ3) is 7.67. The van der Waals surface area contributed by atoms with E-state index in [9.17, 15) is 0 Å². The molecule has 0 aliphatic carbocycles. The number of methoxy groups -OCH3 is 1. The monoisotopic (exact) mass is 288 g/mol. The Balaban J connectivity index is 2.32. The summed E-state index contributed by atoms with van der Waals surface area (Å²) in [5.74, 6) is 8.03. The van der Waals surface area contributed by atoms with Crippen LogP contribution in [-0.4, -0.2) is 20.9 Å². The minimum absolute atomic E-state index is 0.776. The van der Waals surface area contributed by atoms with Crippen molar-refractivity contribution in [2.24, 2.45) is 0 Å². The van der Waals surface area contributed by atoms with Crippen LogP contribution >= 0.6 is 11.8 Å². The summed E-state index contributed by atoms with van der Waals surface area (Å²) >= 11 is 1.58. The number of hydrogen-bond acceptors (Lipinski definition) is 2. The van der Waals surface area contributed by atoms with Gasteiger partial charge in [0.15, 0.2) is 0 Å². The quantitative estimate of drug-likeness (QED) is 0.475. The summed E-state index contributed by atoms with van der Waals surface area (Å²) in [4.78, 5) is 0. The predicted octanol–water partition coefficient (Wildman–Crippen LogP) is 3.81. The number of hydrogen-bond donors (Lipinski definition) is 0. The Morgan fingerprint density at radius 3 is 2.37 bits per heavy atom. The van der Waals surface area contributed by atoms with Gasteiger partial charge in [0.2, 0.25) is 0 Å². The first-order valence-corrected chi connectivity index (χ1v) is 10.7. The average molecular weight is 288 g/mol. The number of thioether (sulfide) groups is 1. The van der Waals surface area contributed by atoms with Gasteiger partial charge in [0, 0.05) is 6.42 Å².